The van der Waals surface area contributed by atoms with E-state index >= 15 is 4.39 Å². The monoisotopic (exact) mass is 541 g/mol. The van der Waals surface area contributed by atoms with Crippen LogP contribution in [0, 0.1) is 11.7 Å². The van der Waals surface area contributed by atoms with E-state index < -0.39 is 11.7 Å². The molecule has 0 radical (unpaired) electrons. The Morgan fingerprint density at radius 2 is 1.79 bits per heavy atom. The van der Waals surface area contributed by atoms with Crippen LogP contribution >= 0.6 is 11.6 Å². The van der Waals surface area contributed by atoms with Gasteiger partial charge in [0.2, 0.25) is 5.91 Å². The Bertz CT molecular complexity index is 1380. The third-order valence-electron chi connectivity index (χ3n) is 7.91. The number of rotatable bonds is 4. The summed E-state index contributed by atoms with van der Waals surface area (Å²) in [6, 6.07) is 0.330. The Balaban J connectivity index is 1.18. The van der Waals surface area contributed by atoms with Crippen molar-refractivity contribution >= 4 is 46.3 Å². The van der Waals surface area contributed by atoms with Crippen molar-refractivity contribution in [2.75, 3.05) is 55.2 Å². The molecule has 4 aliphatic heterocycles. The van der Waals surface area contributed by atoms with Crippen molar-refractivity contribution < 1.29 is 14.0 Å². The Hall–Kier alpha value is -3.51. The predicted molar refractivity (Wildman–Crippen MR) is 141 cm³/mol. The molecule has 0 spiro atoms. The fourth-order valence-corrected chi connectivity index (χ4v) is 6.08. The highest BCUT2D eigenvalue weighted by atomic mass is 35.5. The number of fused-ring (bicyclic) bond motifs is 5. The van der Waals surface area contributed by atoms with Crippen molar-refractivity contribution in [1.29, 1.82) is 0 Å². The maximum absolute atomic E-state index is 15.1. The van der Waals surface area contributed by atoms with E-state index in [2.05, 4.69) is 30.2 Å². The Labute approximate surface area is 223 Å². The topological polar surface area (TPSA) is 125 Å². The van der Waals surface area contributed by atoms with Crippen LogP contribution in [0.5, 0.6) is 0 Å². The average Bonchev–Trinajstić information content (AvgIpc) is 3.03. The number of amides is 2. The van der Waals surface area contributed by atoms with Crippen LogP contribution in [0.4, 0.5) is 21.6 Å². The average molecular weight is 542 g/mol. The van der Waals surface area contributed by atoms with E-state index in [-0.39, 0.29) is 40.2 Å². The van der Waals surface area contributed by atoms with Gasteiger partial charge >= 0.3 is 0 Å². The highest BCUT2D eigenvalue weighted by Crippen LogP contribution is 2.34. The van der Waals surface area contributed by atoms with Gasteiger partial charge in [0, 0.05) is 57.4 Å². The van der Waals surface area contributed by atoms with Gasteiger partial charge in [-0.15, -0.1) is 5.10 Å². The van der Waals surface area contributed by atoms with E-state index in [1.807, 2.05) is 4.90 Å². The van der Waals surface area contributed by atoms with Crippen LogP contribution in [0.15, 0.2) is 24.8 Å². The third kappa shape index (κ3) is 4.51. The van der Waals surface area contributed by atoms with Crippen LogP contribution in [-0.4, -0.2) is 86.5 Å². The first-order valence-corrected chi connectivity index (χ1v) is 13.3. The van der Waals surface area contributed by atoms with E-state index in [1.165, 1.54) is 23.1 Å². The molecule has 0 aliphatic carbocycles. The van der Waals surface area contributed by atoms with Crippen LogP contribution in [0.1, 0.15) is 36.0 Å². The van der Waals surface area contributed by atoms with E-state index in [1.54, 1.807) is 0 Å². The van der Waals surface area contributed by atoms with Gasteiger partial charge in [0.15, 0.2) is 17.3 Å². The summed E-state index contributed by atoms with van der Waals surface area (Å²) in [5.41, 5.74) is 6.74. The Kier molecular flexibility index (Phi) is 6.52. The molecule has 4 aliphatic rings. The van der Waals surface area contributed by atoms with Crippen LogP contribution in [0.3, 0.4) is 0 Å². The first kappa shape index (κ1) is 24.8. The summed E-state index contributed by atoms with van der Waals surface area (Å²) in [4.78, 5) is 41.1. The summed E-state index contributed by atoms with van der Waals surface area (Å²) in [6.45, 7) is 4.83. The van der Waals surface area contributed by atoms with Gasteiger partial charge in [-0.1, -0.05) is 11.6 Å². The van der Waals surface area contributed by atoms with Gasteiger partial charge in [0.25, 0.3) is 5.91 Å². The Morgan fingerprint density at radius 1 is 1.03 bits per heavy atom. The minimum atomic E-state index is -0.585. The molecule has 7 rings (SSSR count). The number of pyridine rings is 1. The number of piperidine rings is 2. The lowest BCUT2D eigenvalue weighted by Crippen LogP contribution is -2.47. The molecule has 0 saturated carbocycles. The summed E-state index contributed by atoms with van der Waals surface area (Å²) >= 11 is 5.97. The molecule has 2 bridgehead atoms. The number of nitrogens with two attached hydrogens (primary N) is 1. The molecule has 4 saturated heterocycles. The number of carbonyl (C=O) groups is 2. The smallest absolute Gasteiger partial charge is 0.263 e. The normalized spacial score (nSPS) is 22.1. The molecule has 11 nitrogen and oxygen atoms in total. The minimum absolute atomic E-state index is 0.0265. The van der Waals surface area contributed by atoms with Crippen molar-refractivity contribution in [2.45, 2.75) is 31.7 Å². The van der Waals surface area contributed by atoms with Gasteiger partial charge in [-0.25, -0.2) is 13.9 Å². The predicted octanol–water partition coefficient (Wildman–Crippen LogP) is 2.27. The van der Waals surface area contributed by atoms with Gasteiger partial charge in [0.05, 0.1) is 29.3 Å². The van der Waals surface area contributed by atoms with Crippen molar-refractivity contribution in [3.05, 3.63) is 41.2 Å². The lowest BCUT2D eigenvalue weighted by atomic mass is 9.93. The molecule has 2 amide bonds. The number of halogens is 2. The zero-order valence-electron chi connectivity index (χ0n) is 20.8. The lowest BCUT2D eigenvalue weighted by molar-refractivity contribution is -0.138. The summed E-state index contributed by atoms with van der Waals surface area (Å²) in [6.07, 6.45) is 8.72. The van der Waals surface area contributed by atoms with E-state index in [4.69, 9.17) is 17.3 Å². The number of hydrogen-bond acceptors (Lipinski definition) is 8. The van der Waals surface area contributed by atoms with Crippen molar-refractivity contribution in [1.82, 2.24) is 29.4 Å². The quantitative estimate of drug-likeness (QED) is 0.515. The molecule has 0 atom stereocenters. The Morgan fingerprint density at radius 3 is 2.55 bits per heavy atom. The molecule has 4 fully saturated rings. The number of anilines is 3. The van der Waals surface area contributed by atoms with Crippen LogP contribution in [0.25, 0.3) is 5.65 Å². The molecule has 200 valence electrons. The molecule has 38 heavy (non-hydrogen) atoms. The maximum Gasteiger partial charge on any atom is 0.263 e. The minimum Gasteiger partial charge on any atom is -0.381 e. The fraction of sp³-hybridized carbons (Fsp3) is 0.480. The van der Waals surface area contributed by atoms with Gasteiger partial charge in [-0.3, -0.25) is 14.6 Å². The largest absolute Gasteiger partial charge is 0.381 e. The fourth-order valence-electron chi connectivity index (χ4n) is 5.93. The number of nitrogen functional groups attached to an aromatic ring is 1. The third-order valence-corrected chi connectivity index (χ3v) is 8.11. The van der Waals surface area contributed by atoms with E-state index in [0.717, 1.165) is 45.2 Å². The van der Waals surface area contributed by atoms with Gasteiger partial charge < -0.3 is 25.8 Å². The zero-order chi connectivity index (χ0) is 26.4. The molecule has 3 N–H and O–H groups in total. The number of nitrogens with zero attached hydrogens (tertiary/aromatic N) is 7. The van der Waals surface area contributed by atoms with Crippen molar-refractivity contribution in [3.63, 3.8) is 0 Å². The maximum atomic E-state index is 15.1. The molecule has 0 aromatic carbocycles. The van der Waals surface area contributed by atoms with Gasteiger partial charge in [-0.2, -0.15) is 0 Å². The second-order valence-electron chi connectivity index (χ2n) is 10.1. The highest BCUT2D eigenvalue weighted by molar-refractivity contribution is 6.30. The molecular formula is C25H29ClFN9O2. The van der Waals surface area contributed by atoms with Crippen molar-refractivity contribution in [2.24, 2.45) is 5.92 Å². The second-order valence-corrected chi connectivity index (χ2v) is 10.6. The summed E-state index contributed by atoms with van der Waals surface area (Å²) in [7, 11) is 0. The molecule has 3 aromatic heterocycles. The summed E-state index contributed by atoms with van der Waals surface area (Å²) in [5, 5.41) is 7.18. The highest BCUT2D eigenvalue weighted by Gasteiger charge is 2.36. The van der Waals surface area contributed by atoms with Gasteiger partial charge in [-0.05, 0) is 25.7 Å². The van der Waals surface area contributed by atoms with Crippen LogP contribution in [0.2, 0.25) is 5.02 Å². The molecule has 13 heteroatoms. The molecular weight excluding hydrogens is 513 g/mol. The lowest BCUT2D eigenvalue weighted by Gasteiger charge is -2.38. The first-order valence-electron chi connectivity index (χ1n) is 12.9. The van der Waals surface area contributed by atoms with Crippen LogP contribution in [-0.2, 0) is 4.79 Å². The standard InChI is InChI=1S/C25H29ClFN9O2/c26-16-11-30-23-20(22(28)32-36(23)14-16)24(37)31-19-13-29-12-18(27)21(19)34-7-1-15(2-8-34)25(38)35-10-9-33-5-3-17(35)4-6-33/h11-15,17H,1-10H2,(H2,28,32)(H,31,37). The van der Waals surface area contributed by atoms with Crippen molar-refractivity contribution in [3.8, 4) is 0 Å². The zero-order valence-corrected chi connectivity index (χ0v) is 21.6. The number of carbonyl (C=O) groups excluding carboxylic acids is 2. The first-order chi connectivity index (χ1) is 18.4. The number of nitrogens with one attached hydrogen (secondary N) is 1. The molecule has 3 aromatic rings. The number of hydrogen-bond donors (Lipinski definition) is 2. The van der Waals surface area contributed by atoms with E-state index in [9.17, 15) is 9.59 Å². The SMILES string of the molecule is Nc1nn2cc(Cl)cnc2c1C(=O)Nc1cncc(F)c1N1CCC(C(=O)N2CCN3CCC2CC3)CC1. The summed E-state index contributed by atoms with van der Waals surface area (Å²) in [5.74, 6) is -1.03. The second kappa shape index (κ2) is 9.99. The molecule has 0 unspecified atom stereocenters. The van der Waals surface area contributed by atoms with Crippen LogP contribution < -0.4 is 16.0 Å². The molecule has 7 heterocycles. The summed E-state index contributed by atoms with van der Waals surface area (Å²) < 4.78 is 16.4. The number of aromatic nitrogens is 4. The van der Waals surface area contributed by atoms with E-state index in [0.29, 0.717) is 37.0 Å². The van der Waals surface area contributed by atoms with Gasteiger partial charge in [0.1, 0.15) is 11.3 Å².